The first-order valence-electron chi connectivity index (χ1n) is 9.68. The van der Waals surface area contributed by atoms with Crippen LogP contribution in [-0.2, 0) is 11.0 Å². The molecule has 3 amide bonds. The average Bonchev–Trinajstić information content (AvgIpc) is 2.96. The van der Waals surface area contributed by atoms with Crippen molar-refractivity contribution < 1.29 is 27.2 Å². The third kappa shape index (κ3) is 5.45. The third-order valence-corrected chi connectivity index (χ3v) is 5.00. The first kappa shape index (κ1) is 23.7. The predicted molar refractivity (Wildman–Crippen MR) is 110 cm³/mol. The van der Waals surface area contributed by atoms with Crippen LogP contribution < -0.4 is 10.2 Å². The van der Waals surface area contributed by atoms with E-state index < -0.39 is 41.4 Å². The Balaban J connectivity index is 1.81. The van der Waals surface area contributed by atoms with E-state index in [2.05, 4.69) is 15.3 Å². The van der Waals surface area contributed by atoms with Crippen LogP contribution in [0, 0.1) is 11.7 Å². The van der Waals surface area contributed by atoms with E-state index in [4.69, 9.17) is 11.6 Å². The summed E-state index contributed by atoms with van der Waals surface area (Å²) >= 11 is 5.87. The number of halogens is 5. The Hall–Kier alpha value is -2.95. The van der Waals surface area contributed by atoms with E-state index in [1.54, 1.807) is 0 Å². The molecule has 7 nitrogen and oxygen atoms in total. The van der Waals surface area contributed by atoms with Gasteiger partial charge in [-0.2, -0.15) is 13.2 Å². The molecule has 0 aliphatic carbocycles. The maximum Gasteiger partial charge on any atom is 0.417 e. The minimum absolute atomic E-state index is 0.0189. The van der Waals surface area contributed by atoms with Crippen molar-refractivity contribution in [2.45, 2.75) is 32.5 Å². The summed E-state index contributed by atoms with van der Waals surface area (Å²) in [5, 5.41) is 2.89. The van der Waals surface area contributed by atoms with E-state index >= 15 is 0 Å². The molecular weight excluding hydrogens is 454 g/mol. The smallest absolute Gasteiger partial charge is 0.310 e. The molecule has 0 unspecified atom stereocenters. The van der Waals surface area contributed by atoms with Gasteiger partial charge in [0.1, 0.15) is 12.4 Å². The lowest BCUT2D eigenvalue weighted by Gasteiger charge is -2.23. The summed E-state index contributed by atoms with van der Waals surface area (Å²) in [4.78, 5) is 35.2. The van der Waals surface area contributed by atoms with Crippen LogP contribution in [0.3, 0.4) is 0 Å². The van der Waals surface area contributed by atoms with Crippen LogP contribution in [-0.4, -0.2) is 45.9 Å². The summed E-state index contributed by atoms with van der Waals surface area (Å²) in [5.74, 6) is -2.01. The lowest BCUT2D eigenvalue weighted by Crippen LogP contribution is -2.41. The molecule has 0 saturated carbocycles. The number of amides is 3. The summed E-state index contributed by atoms with van der Waals surface area (Å²) in [5.41, 5.74) is -1.26. The summed E-state index contributed by atoms with van der Waals surface area (Å²) in [7, 11) is 0. The van der Waals surface area contributed by atoms with Gasteiger partial charge in [-0.1, -0.05) is 25.4 Å². The molecule has 3 rings (SSSR count). The lowest BCUT2D eigenvalue weighted by molar-refractivity contribution is -0.138. The topological polar surface area (TPSA) is 78.4 Å². The number of hydrogen-bond acceptors (Lipinski definition) is 4. The van der Waals surface area contributed by atoms with Crippen molar-refractivity contribution in [3.63, 3.8) is 0 Å². The van der Waals surface area contributed by atoms with Crippen molar-refractivity contribution in [3.05, 3.63) is 47.0 Å². The number of rotatable bonds is 6. The molecule has 1 N–H and O–H groups in total. The number of carbonyl (C=O) groups excluding carboxylic acids is 2. The Morgan fingerprint density at radius 1 is 1.31 bits per heavy atom. The van der Waals surface area contributed by atoms with Crippen LogP contribution in [0.4, 0.5) is 34.0 Å². The van der Waals surface area contributed by atoms with Crippen LogP contribution in [0.5, 0.6) is 0 Å². The minimum atomic E-state index is -4.76. The highest BCUT2D eigenvalue weighted by Gasteiger charge is 2.41. The van der Waals surface area contributed by atoms with E-state index in [1.807, 2.05) is 13.8 Å². The van der Waals surface area contributed by atoms with Gasteiger partial charge in [0.15, 0.2) is 11.6 Å². The minimum Gasteiger partial charge on any atom is -0.310 e. The zero-order chi connectivity index (χ0) is 23.6. The number of alkyl halides is 3. The number of carbonyl (C=O) groups is 2. The molecule has 3 heterocycles. The Labute approximate surface area is 186 Å². The quantitative estimate of drug-likeness (QED) is 0.623. The van der Waals surface area contributed by atoms with Gasteiger partial charge in [-0.15, -0.1) is 0 Å². The summed E-state index contributed by atoms with van der Waals surface area (Å²) in [6.45, 7) is 3.45. The van der Waals surface area contributed by atoms with Crippen molar-refractivity contribution in [2.75, 3.05) is 23.3 Å². The Kier molecular flexibility index (Phi) is 6.87. The van der Waals surface area contributed by atoms with Gasteiger partial charge in [0, 0.05) is 24.0 Å². The molecule has 0 aromatic carbocycles. The van der Waals surface area contributed by atoms with Crippen molar-refractivity contribution >= 4 is 35.2 Å². The molecule has 1 fully saturated rings. The van der Waals surface area contributed by atoms with Crippen molar-refractivity contribution in [1.82, 2.24) is 14.9 Å². The molecule has 1 saturated heterocycles. The number of hydrogen-bond donors (Lipinski definition) is 1. The maximum absolute atomic E-state index is 14.4. The van der Waals surface area contributed by atoms with E-state index in [0.717, 1.165) is 4.90 Å². The first-order valence-corrected chi connectivity index (χ1v) is 10.1. The van der Waals surface area contributed by atoms with Crippen LogP contribution in [0.1, 0.15) is 25.8 Å². The van der Waals surface area contributed by atoms with Crippen molar-refractivity contribution in [2.24, 2.45) is 5.92 Å². The second-order valence-corrected chi connectivity index (χ2v) is 8.18. The SMILES string of the molecule is CC(C)C[C@H]1CN(c2ncc(C(F)(F)F)cc2F)C(=O)N1CC(=O)Nc1cc(Cl)ccn1. The fourth-order valence-electron chi connectivity index (χ4n) is 3.41. The monoisotopic (exact) mass is 473 g/mol. The lowest BCUT2D eigenvalue weighted by atomic mass is 10.0. The molecule has 2 aromatic heterocycles. The van der Waals surface area contributed by atoms with Crippen LogP contribution in [0.2, 0.25) is 5.02 Å². The molecule has 0 bridgehead atoms. The largest absolute Gasteiger partial charge is 0.417 e. The second kappa shape index (κ2) is 9.27. The van der Waals surface area contributed by atoms with E-state index in [-0.39, 0.29) is 24.8 Å². The molecule has 2 aromatic rings. The Bertz CT molecular complexity index is 1020. The van der Waals surface area contributed by atoms with Gasteiger partial charge in [0.2, 0.25) is 5.91 Å². The molecule has 1 aliphatic heterocycles. The van der Waals surface area contributed by atoms with Gasteiger partial charge in [0.25, 0.3) is 0 Å². The molecule has 1 atom stereocenters. The second-order valence-electron chi connectivity index (χ2n) is 7.74. The van der Waals surface area contributed by atoms with Crippen LogP contribution in [0.25, 0.3) is 0 Å². The highest BCUT2D eigenvalue weighted by atomic mass is 35.5. The normalized spacial score (nSPS) is 16.8. The maximum atomic E-state index is 14.4. The molecule has 32 heavy (non-hydrogen) atoms. The summed E-state index contributed by atoms with van der Waals surface area (Å²) in [6.07, 6.45) is -2.39. The highest BCUT2D eigenvalue weighted by Crippen LogP contribution is 2.33. The Morgan fingerprint density at radius 3 is 2.62 bits per heavy atom. The fourth-order valence-corrected chi connectivity index (χ4v) is 3.57. The van der Waals surface area contributed by atoms with Gasteiger partial charge in [-0.05, 0) is 30.5 Å². The zero-order valence-corrected chi connectivity index (χ0v) is 17.9. The highest BCUT2D eigenvalue weighted by molar-refractivity contribution is 6.30. The average molecular weight is 474 g/mol. The first-order chi connectivity index (χ1) is 15.0. The molecule has 0 radical (unpaired) electrons. The molecule has 1 aliphatic rings. The molecular formula is C20H20ClF4N5O2. The number of nitrogens with one attached hydrogen (secondary N) is 1. The van der Waals surface area contributed by atoms with Crippen LogP contribution in [0.15, 0.2) is 30.6 Å². The van der Waals surface area contributed by atoms with E-state index in [1.165, 1.54) is 23.2 Å². The van der Waals surface area contributed by atoms with Crippen LogP contribution >= 0.6 is 11.6 Å². The molecule has 172 valence electrons. The molecule has 0 spiro atoms. The fraction of sp³-hybridized carbons (Fsp3) is 0.400. The zero-order valence-electron chi connectivity index (χ0n) is 17.2. The van der Waals surface area contributed by atoms with Gasteiger partial charge >= 0.3 is 12.2 Å². The van der Waals surface area contributed by atoms with Crippen molar-refractivity contribution in [3.8, 4) is 0 Å². The number of anilines is 2. The number of pyridine rings is 2. The number of urea groups is 1. The van der Waals surface area contributed by atoms with Gasteiger partial charge < -0.3 is 10.2 Å². The summed E-state index contributed by atoms with van der Waals surface area (Å²) < 4.78 is 52.9. The third-order valence-electron chi connectivity index (χ3n) is 4.76. The van der Waals surface area contributed by atoms with Gasteiger partial charge in [-0.25, -0.2) is 19.2 Å². The Morgan fingerprint density at radius 2 is 2.03 bits per heavy atom. The van der Waals surface area contributed by atoms with E-state index in [0.29, 0.717) is 23.7 Å². The molecule has 12 heteroatoms. The number of nitrogens with zero attached hydrogens (tertiary/aromatic N) is 4. The van der Waals surface area contributed by atoms with Crippen molar-refractivity contribution in [1.29, 1.82) is 0 Å². The standard InChI is InChI=1S/C20H20ClF4N5O2/c1-11(2)5-14-9-30(18-15(22)6-12(8-27-18)20(23,24)25)19(32)29(14)10-17(31)28-16-7-13(21)3-4-26-16/h3-4,6-8,11,14H,5,9-10H2,1-2H3,(H,26,28,31)/t14-/m0/s1. The van der Waals surface area contributed by atoms with Gasteiger partial charge in [0.05, 0.1) is 11.6 Å². The van der Waals surface area contributed by atoms with Gasteiger partial charge in [-0.3, -0.25) is 9.69 Å². The summed E-state index contributed by atoms with van der Waals surface area (Å²) in [6, 6.07) is 2.07. The number of aromatic nitrogens is 2. The van der Waals surface area contributed by atoms with E-state index in [9.17, 15) is 27.2 Å². The predicted octanol–water partition coefficient (Wildman–Crippen LogP) is 4.58.